The van der Waals surface area contributed by atoms with Crippen LogP contribution in [0.15, 0.2) is 24.3 Å². The van der Waals surface area contributed by atoms with Gasteiger partial charge in [0.05, 0.1) is 6.61 Å². The number of benzene rings is 1. The highest BCUT2D eigenvalue weighted by molar-refractivity contribution is 5.28. The zero-order chi connectivity index (χ0) is 15.0. The maximum absolute atomic E-state index is 12.1. The molecule has 114 valence electrons. The predicted octanol–water partition coefficient (Wildman–Crippen LogP) is 1.72. The fourth-order valence-corrected chi connectivity index (χ4v) is 1.42. The van der Waals surface area contributed by atoms with E-state index >= 15 is 0 Å². The van der Waals surface area contributed by atoms with Gasteiger partial charge in [-0.2, -0.15) is 13.2 Å². The van der Waals surface area contributed by atoms with Gasteiger partial charge in [0.15, 0.2) is 6.10 Å². The lowest BCUT2D eigenvalue weighted by Crippen LogP contribution is -2.34. The average molecular weight is 293 g/mol. The van der Waals surface area contributed by atoms with Gasteiger partial charge in [0, 0.05) is 20.2 Å². The summed E-state index contributed by atoms with van der Waals surface area (Å²) in [6.07, 6.45) is -7.15. The van der Waals surface area contributed by atoms with E-state index in [1.54, 1.807) is 25.3 Å². The lowest BCUT2D eigenvalue weighted by atomic mass is 10.2. The summed E-state index contributed by atoms with van der Waals surface area (Å²) in [6.45, 7) is 0.995. The van der Waals surface area contributed by atoms with Crippen molar-refractivity contribution in [2.24, 2.45) is 0 Å². The Morgan fingerprint density at radius 1 is 1.35 bits per heavy atom. The third kappa shape index (κ3) is 6.23. The Morgan fingerprint density at radius 2 is 2.10 bits per heavy atom. The van der Waals surface area contributed by atoms with Crippen LogP contribution in [0.1, 0.15) is 5.56 Å². The van der Waals surface area contributed by atoms with Gasteiger partial charge in [-0.1, -0.05) is 12.1 Å². The van der Waals surface area contributed by atoms with Gasteiger partial charge < -0.3 is 19.9 Å². The Hall–Kier alpha value is -1.31. The molecule has 1 unspecified atom stereocenters. The summed E-state index contributed by atoms with van der Waals surface area (Å²) in [5.41, 5.74) is 0.875. The van der Waals surface area contributed by atoms with Gasteiger partial charge in [-0.15, -0.1) is 0 Å². The number of nitrogens with one attached hydrogen (secondary N) is 1. The minimum absolute atomic E-state index is 0.291. The second kappa shape index (κ2) is 8.08. The predicted molar refractivity (Wildman–Crippen MR) is 67.6 cm³/mol. The van der Waals surface area contributed by atoms with Crippen LogP contribution in [0.25, 0.3) is 0 Å². The number of halogens is 3. The summed E-state index contributed by atoms with van der Waals surface area (Å²) < 4.78 is 46.2. The van der Waals surface area contributed by atoms with Crippen molar-refractivity contribution in [2.75, 3.05) is 26.9 Å². The van der Waals surface area contributed by atoms with Crippen molar-refractivity contribution in [1.29, 1.82) is 0 Å². The van der Waals surface area contributed by atoms with Gasteiger partial charge in [-0.05, 0) is 17.7 Å². The molecule has 0 aliphatic rings. The molecule has 0 spiro atoms. The minimum Gasteiger partial charge on any atom is -0.491 e. The first-order valence-electron chi connectivity index (χ1n) is 6.09. The molecule has 0 bridgehead atoms. The SMILES string of the molecule is COCCNCc1cccc(OCC(O)C(F)(F)F)c1. The molecule has 0 amide bonds. The van der Waals surface area contributed by atoms with Crippen molar-refractivity contribution < 1.29 is 27.8 Å². The van der Waals surface area contributed by atoms with Gasteiger partial charge in [0.2, 0.25) is 0 Å². The van der Waals surface area contributed by atoms with Crippen molar-refractivity contribution in [1.82, 2.24) is 5.32 Å². The quantitative estimate of drug-likeness (QED) is 0.717. The van der Waals surface area contributed by atoms with E-state index in [1.807, 2.05) is 6.07 Å². The second-order valence-electron chi connectivity index (χ2n) is 4.19. The fraction of sp³-hybridized carbons (Fsp3) is 0.538. The highest BCUT2D eigenvalue weighted by Gasteiger charge is 2.38. The van der Waals surface area contributed by atoms with Crippen LogP contribution in [0.3, 0.4) is 0 Å². The molecule has 0 saturated carbocycles. The van der Waals surface area contributed by atoms with E-state index in [4.69, 9.17) is 14.6 Å². The molecule has 4 nitrogen and oxygen atoms in total. The van der Waals surface area contributed by atoms with Crippen molar-refractivity contribution in [3.8, 4) is 5.75 Å². The maximum atomic E-state index is 12.1. The molecule has 1 rings (SSSR count). The number of methoxy groups -OCH3 is 1. The normalized spacial score (nSPS) is 13.2. The van der Waals surface area contributed by atoms with Gasteiger partial charge >= 0.3 is 6.18 Å². The Bertz CT molecular complexity index is 399. The molecule has 0 aromatic heterocycles. The van der Waals surface area contributed by atoms with E-state index in [-0.39, 0.29) is 0 Å². The molecule has 0 radical (unpaired) electrons. The average Bonchev–Trinajstić information content (AvgIpc) is 2.40. The molecule has 0 fully saturated rings. The van der Waals surface area contributed by atoms with Crippen LogP contribution < -0.4 is 10.1 Å². The van der Waals surface area contributed by atoms with Crippen LogP contribution in [-0.2, 0) is 11.3 Å². The number of hydrogen-bond donors (Lipinski definition) is 2. The highest BCUT2D eigenvalue weighted by atomic mass is 19.4. The van der Waals surface area contributed by atoms with Crippen molar-refractivity contribution >= 4 is 0 Å². The number of hydrogen-bond acceptors (Lipinski definition) is 4. The number of ether oxygens (including phenoxy) is 2. The van der Waals surface area contributed by atoms with Gasteiger partial charge in [-0.3, -0.25) is 0 Å². The Kier molecular flexibility index (Phi) is 6.77. The van der Waals surface area contributed by atoms with E-state index in [9.17, 15) is 13.2 Å². The smallest absolute Gasteiger partial charge is 0.417 e. The third-order valence-electron chi connectivity index (χ3n) is 2.50. The molecule has 0 heterocycles. The van der Waals surface area contributed by atoms with Crippen LogP contribution in [0, 0.1) is 0 Å². The zero-order valence-electron chi connectivity index (χ0n) is 11.1. The first-order chi connectivity index (χ1) is 9.43. The molecule has 0 saturated heterocycles. The van der Waals surface area contributed by atoms with Crippen molar-refractivity contribution in [3.63, 3.8) is 0 Å². The van der Waals surface area contributed by atoms with Gasteiger partial charge in [-0.25, -0.2) is 0 Å². The second-order valence-corrected chi connectivity index (χ2v) is 4.19. The molecule has 20 heavy (non-hydrogen) atoms. The summed E-state index contributed by atoms with van der Waals surface area (Å²) in [4.78, 5) is 0. The topological polar surface area (TPSA) is 50.7 Å². The lowest BCUT2D eigenvalue weighted by molar-refractivity contribution is -0.210. The monoisotopic (exact) mass is 293 g/mol. The van der Waals surface area contributed by atoms with Crippen LogP contribution in [0.2, 0.25) is 0 Å². The first-order valence-corrected chi connectivity index (χ1v) is 6.09. The maximum Gasteiger partial charge on any atom is 0.417 e. The number of aliphatic hydroxyl groups is 1. The molecule has 1 aromatic rings. The van der Waals surface area contributed by atoms with E-state index in [0.29, 0.717) is 25.4 Å². The lowest BCUT2D eigenvalue weighted by Gasteiger charge is -2.15. The number of rotatable bonds is 8. The molecule has 0 aliphatic carbocycles. The van der Waals surface area contributed by atoms with Crippen LogP contribution in [0.4, 0.5) is 13.2 Å². The summed E-state index contributed by atoms with van der Waals surface area (Å²) >= 11 is 0. The van der Waals surface area contributed by atoms with E-state index in [0.717, 1.165) is 5.56 Å². The Balaban J connectivity index is 2.43. The summed E-state index contributed by atoms with van der Waals surface area (Å²) in [7, 11) is 1.60. The molecular weight excluding hydrogens is 275 g/mol. The summed E-state index contributed by atoms with van der Waals surface area (Å²) in [6, 6.07) is 6.68. The van der Waals surface area contributed by atoms with E-state index in [2.05, 4.69) is 5.32 Å². The van der Waals surface area contributed by atoms with Gasteiger partial charge in [0.25, 0.3) is 0 Å². The molecule has 1 aromatic carbocycles. The first kappa shape index (κ1) is 16.7. The minimum atomic E-state index is -4.67. The number of alkyl halides is 3. The number of aliphatic hydroxyl groups excluding tert-OH is 1. The van der Waals surface area contributed by atoms with E-state index < -0.39 is 18.9 Å². The standard InChI is InChI=1S/C13H18F3NO3/c1-19-6-5-17-8-10-3-2-4-11(7-10)20-9-12(18)13(14,15)16/h2-4,7,12,17-18H,5-6,8-9H2,1H3. The summed E-state index contributed by atoms with van der Waals surface area (Å²) in [5.74, 6) is 0.291. The highest BCUT2D eigenvalue weighted by Crippen LogP contribution is 2.21. The van der Waals surface area contributed by atoms with Crippen LogP contribution in [-0.4, -0.2) is 44.3 Å². The molecular formula is C13H18F3NO3. The molecule has 7 heteroatoms. The zero-order valence-corrected chi connectivity index (χ0v) is 11.1. The van der Waals surface area contributed by atoms with Crippen LogP contribution in [0.5, 0.6) is 5.75 Å². The largest absolute Gasteiger partial charge is 0.491 e. The Labute approximate surface area is 115 Å². The van der Waals surface area contributed by atoms with Gasteiger partial charge in [0.1, 0.15) is 12.4 Å². The third-order valence-corrected chi connectivity index (χ3v) is 2.50. The van der Waals surface area contributed by atoms with Crippen LogP contribution >= 0.6 is 0 Å². The van der Waals surface area contributed by atoms with Crippen molar-refractivity contribution in [3.05, 3.63) is 29.8 Å². The summed E-state index contributed by atoms with van der Waals surface area (Å²) in [5, 5.41) is 11.9. The molecule has 0 aliphatic heterocycles. The van der Waals surface area contributed by atoms with E-state index in [1.165, 1.54) is 0 Å². The Morgan fingerprint density at radius 3 is 2.75 bits per heavy atom. The molecule has 2 N–H and O–H groups in total. The fourth-order valence-electron chi connectivity index (χ4n) is 1.42. The van der Waals surface area contributed by atoms with Crippen molar-refractivity contribution in [2.45, 2.75) is 18.8 Å². The molecule has 1 atom stereocenters.